The van der Waals surface area contributed by atoms with Gasteiger partial charge in [0.1, 0.15) is 11.4 Å². The number of hydrogen-bond donors (Lipinski definition) is 1. The Bertz CT molecular complexity index is 1070. The third-order valence-electron chi connectivity index (χ3n) is 6.18. The summed E-state index contributed by atoms with van der Waals surface area (Å²) < 4.78 is 20.6. The van der Waals surface area contributed by atoms with E-state index in [1.54, 1.807) is 19.1 Å². The molecule has 8 heteroatoms. The van der Waals surface area contributed by atoms with Crippen LogP contribution in [-0.2, 0) is 20.9 Å². The first-order chi connectivity index (χ1) is 15.4. The summed E-state index contributed by atoms with van der Waals surface area (Å²) in [7, 11) is 0. The predicted molar refractivity (Wildman–Crippen MR) is 123 cm³/mol. The highest BCUT2D eigenvalue weighted by atomic mass is 79.9. The van der Waals surface area contributed by atoms with Gasteiger partial charge in [-0.3, -0.25) is 14.6 Å². The minimum absolute atomic E-state index is 0.100. The lowest BCUT2D eigenvalue weighted by Crippen LogP contribution is -2.56. The van der Waals surface area contributed by atoms with E-state index in [4.69, 9.17) is 10.5 Å². The van der Waals surface area contributed by atoms with Gasteiger partial charge < -0.3 is 10.5 Å². The fourth-order valence-corrected chi connectivity index (χ4v) is 4.94. The second kappa shape index (κ2) is 9.03. The number of ether oxygens (including phenoxy) is 1. The maximum Gasteiger partial charge on any atom is 0.345 e. The van der Waals surface area contributed by atoms with E-state index in [2.05, 4.69) is 33.0 Å². The second-order valence-electron chi connectivity index (χ2n) is 8.04. The fourth-order valence-electron chi connectivity index (χ4n) is 4.59. The molecule has 32 heavy (non-hydrogen) atoms. The van der Waals surface area contributed by atoms with Gasteiger partial charge in [-0.1, -0.05) is 46.3 Å². The summed E-state index contributed by atoms with van der Waals surface area (Å²) in [4.78, 5) is 29.7. The number of anilines is 1. The number of piperidine rings is 1. The Labute approximate surface area is 194 Å². The third-order valence-corrected chi connectivity index (χ3v) is 6.67. The largest absolute Gasteiger partial charge is 0.462 e. The standard InChI is InChI=1S/C24H25BrFN3O3/c1-2-32-23(31)20-21(27)24(29(22(20)30)19-14-17(25)8-9-18(19)26)10-12-28(13-11-24)15-16-6-4-3-5-7-16/h3-9,14H,2,10-13,15,27H2,1H3. The van der Waals surface area contributed by atoms with E-state index in [1.807, 2.05) is 18.2 Å². The molecule has 1 amide bonds. The molecule has 2 aliphatic rings. The molecule has 0 radical (unpaired) electrons. The molecule has 2 N–H and O–H groups in total. The Hall–Kier alpha value is -2.71. The van der Waals surface area contributed by atoms with Crippen LogP contribution in [0.4, 0.5) is 10.1 Å². The number of esters is 1. The third kappa shape index (κ3) is 3.93. The number of carbonyl (C=O) groups is 2. The lowest BCUT2D eigenvalue weighted by atomic mass is 9.83. The maximum absolute atomic E-state index is 14.9. The molecular weight excluding hydrogens is 477 g/mol. The molecule has 0 atom stereocenters. The minimum atomic E-state index is -0.978. The van der Waals surface area contributed by atoms with Crippen LogP contribution in [0.1, 0.15) is 25.3 Å². The first-order valence-electron chi connectivity index (χ1n) is 10.6. The molecule has 1 spiro atoms. The Morgan fingerprint density at radius 2 is 1.88 bits per heavy atom. The van der Waals surface area contributed by atoms with Gasteiger partial charge in [-0.2, -0.15) is 0 Å². The summed E-state index contributed by atoms with van der Waals surface area (Å²) >= 11 is 3.36. The van der Waals surface area contributed by atoms with Gasteiger partial charge in [0.05, 0.1) is 23.5 Å². The topological polar surface area (TPSA) is 75.9 Å². The number of likely N-dealkylation sites (tertiary alicyclic amines) is 1. The van der Waals surface area contributed by atoms with Crippen LogP contribution in [-0.4, -0.2) is 42.0 Å². The molecule has 168 valence electrons. The van der Waals surface area contributed by atoms with Crippen molar-refractivity contribution in [3.8, 4) is 0 Å². The van der Waals surface area contributed by atoms with E-state index in [0.29, 0.717) is 30.4 Å². The summed E-state index contributed by atoms with van der Waals surface area (Å²) in [6, 6.07) is 14.5. The molecule has 2 aromatic rings. The van der Waals surface area contributed by atoms with Crippen LogP contribution in [0.15, 0.2) is 64.3 Å². The van der Waals surface area contributed by atoms with Gasteiger partial charge in [0.2, 0.25) is 0 Å². The van der Waals surface area contributed by atoms with Crippen LogP contribution in [0.2, 0.25) is 0 Å². The summed E-state index contributed by atoms with van der Waals surface area (Å²) in [5, 5.41) is 0. The lowest BCUT2D eigenvalue weighted by Gasteiger charge is -2.45. The van der Waals surface area contributed by atoms with E-state index in [9.17, 15) is 14.0 Å². The van der Waals surface area contributed by atoms with Gasteiger partial charge in [0, 0.05) is 24.1 Å². The molecule has 2 aromatic carbocycles. The summed E-state index contributed by atoms with van der Waals surface area (Å²) in [6.07, 6.45) is 0.957. The minimum Gasteiger partial charge on any atom is -0.462 e. The number of nitrogens with two attached hydrogens (primary N) is 1. The number of halogens is 2. The highest BCUT2D eigenvalue weighted by Crippen LogP contribution is 2.45. The Morgan fingerprint density at radius 3 is 2.53 bits per heavy atom. The molecule has 4 rings (SSSR count). The van der Waals surface area contributed by atoms with E-state index >= 15 is 0 Å². The average Bonchev–Trinajstić information content (AvgIpc) is 2.98. The number of hydrogen-bond acceptors (Lipinski definition) is 5. The smallest absolute Gasteiger partial charge is 0.345 e. The van der Waals surface area contributed by atoms with Gasteiger partial charge in [-0.15, -0.1) is 0 Å². The van der Waals surface area contributed by atoms with E-state index in [-0.39, 0.29) is 23.6 Å². The van der Waals surface area contributed by atoms with Crippen molar-refractivity contribution in [1.82, 2.24) is 4.90 Å². The molecule has 1 fully saturated rings. The van der Waals surface area contributed by atoms with Crippen molar-refractivity contribution in [3.63, 3.8) is 0 Å². The molecule has 6 nitrogen and oxygen atoms in total. The van der Waals surface area contributed by atoms with Crippen molar-refractivity contribution in [2.24, 2.45) is 5.73 Å². The zero-order valence-electron chi connectivity index (χ0n) is 17.8. The first-order valence-corrected chi connectivity index (χ1v) is 11.4. The van der Waals surface area contributed by atoms with Gasteiger partial charge in [0.25, 0.3) is 5.91 Å². The Balaban J connectivity index is 1.70. The van der Waals surface area contributed by atoms with Crippen LogP contribution in [0, 0.1) is 5.82 Å². The molecule has 0 bridgehead atoms. The van der Waals surface area contributed by atoms with E-state index < -0.39 is 23.2 Å². The second-order valence-corrected chi connectivity index (χ2v) is 8.95. The zero-order chi connectivity index (χ0) is 22.9. The quantitative estimate of drug-likeness (QED) is 0.498. The van der Waals surface area contributed by atoms with Crippen molar-refractivity contribution in [3.05, 3.63) is 75.7 Å². The normalized spacial score (nSPS) is 18.5. The van der Waals surface area contributed by atoms with Crippen molar-refractivity contribution in [2.75, 3.05) is 24.6 Å². The molecule has 2 heterocycles. The van der Waals surface area contributed by atoms with Crippen LogP contribution in [0.25, 0.3) is 0 Å². The highest BCUT2D eigenvalue weighted by Gasteiger charge is 2.55. The molecule has 1 saturated heterocycles. The Morgan fingerprint density at radius 1 is 1.19 bits per heavy atom. The van der Waals surface area contributed by atoms with Gasteiger partial charge in [-0.25, -0.2) is 9.18 Å². The molecule has 0 unspecified atom stereocenters. The number of nitrogens with zero attached hydrogens (tertiary/aromatic N) is 2. The lowest BCUT2D eigenvalue weighted by molar-refractivity contribution is -0.139. The van der Waals surface area contributed by atoms with Crippen molar-refractivity contribution < 1.29 is 18.7 Å². The molecule has 2 aliphatic heterocycles. The van der Waals surface area contributed by atoms with Crippen LogP contribution < -0.4 is 10.6 Å². The predicted octanol–water partition coefficient (Wildman–Crippen LogP) is 3.75. The summed E-state index contributed by atoms with van der Waals surface area (Å²) in [5.74, 6) is -1.93. The van der Waals surface area contributed by atoms with Crippen LogP contribution in [0.5, 0.6) is 0 Å². The van der Waals surface area contributed by atoms with E-state index in [0.717, 1.165) is 6.54 Å². The number of benzene rings is 2. The monoisotopic (exact) mass is 501 g/mol. The molecular formula is C24H25BrFN3O3. The van der Waals surface area contributed by atoms with Gasteiger partial charge in [-0.05, 0) is 43.5 Å². The molecule has 0 saturated carbocycles. The summed E-state index contributed by atoms with van der Waals surface area (Å²) in [6.45, 7) is 3.84. The first kappa shape index (κ1) is 22.5. The average molecular weight is 502 g/mol. The fraction of sp³-hybridized carbons (Fsp3) is 0.333. The molecule has 0 aliphatic carbocycles. The van der Waals surface area contributed by atoms with Crippen LogP contribution >= 0.6 is 15.9 Å². The highest BCUT2D eigenvalue weighted by molar-refractivity contribution is 9.10. The van der Waals surface area contributed by atoms with Gasteiger partial charge in [0.15, 0.2) is 0 Å². The zero-order valence-corrected chi connectivity index (χ0v) is 19.4. The van der Waals surface area contributed by atoms with Crippen molar-refractivity contribution >= 4 is 33.5 Å². The number of amides is 1. The van der Waals surface area contributed by atoms with E-state index in [1.165, 1.54) is 16.5 Å². The Kier molecular flexibility index (Phi) is 6.35. The van der Waals surface area contributed by atoms with Crippen LogP contribution in [0.3, 0.4) is 0 Å². The maximum atomic E-state index is 14.9. The molecule has 0 aromatic heterocycles. The van der Waals surface area contributed by atoms with Crippen molar-refractivity contribution in [2.45, 2.75) is 31.8 Å². The van der Waals surface area contributed by atoms with Crippen molar-refractivity contribution in [1.29, 1.82) is 0 Å². The number of rotatable bonds is 5. The summed E-state index contributed by atoms with van der Waals surface area (Å²) in [5.41, 5.74) is 6.78. The SMILES string of the molecule is CCOC(=O)C1=C(N)C2(CCN(Cc3ccccc3)CC2)N(c2cc(Br)ccc2F)C1=O. The number of carbonyl (C=O) groups excluding carboxylic acids is 2. The van der Waals surface area contributed by atoms with Gasteiger partial charge >= 0.3 is 5.97 Å².